The molecule has 4 rings (SSSR count). The van der Waals surface area contributed by atoms with E-state index >= 15 is 0 Å². The van der Waals surface area contributed by atoms with Gasteiger partial charge in [-0.2, -0.15) is 5.10 Å². The summed E-state index contributed by atoms with van der Waals surface area (Å²) >= 11 is 6.41. The summed E-state index contributed by atoms with van der Waals surface area (Å²) < 4.78 is 7.65. The Hall–Kier alpha value is -3.32. The smallest absolute Gasteiger partial charge is 0.275 e. The summed E-state index contributed by atoms with van der Waals surface area (Å²) in [5.74, 6) is 0.883. The zero-order chi connectivity index (χ0) is 26.4. The van der Waals surface area contributed by atoms with Gasteiger partial charge in [-0.05, 0) is 67.9 Å². The summed E-state index contributed by atoms with van der Waals surface area (Å²) in [6.07, 6.45) is 5.39. The number of nitrogens with one attached hydrogen (secondary N) is 2. The third-order valence-corrected chi connectivity index (χ3v) is 6.94. The minimum atomic E-state index is -0.295. The van der Waals surface area contributed by atoms with Gasteiger partial charge in [0.1, 0.15) is 18.1 Å². The fraction of sp³-hybridized carbons (Fsp3) is 0.414. The molecule has 0 unspecified atom stereocenters. The first kappa shape index (κ1) is 26.7. The molecule has 2 aromatic carbocycles. The van der Waals surface area contributed by atoms with E-state index in [1.807, 2.05) is 69.3 Å². The van der Waals surface area contributed by atoms with Gasteiger partial charge in [0, 0.05) is 18.2 Å². The van der Waals surface area contributed by atoms with E-state index in [0.29, 0.717) is 35.3 Å². The lowest BCUT2D eigenvalue weighted by Gasteiger charge is -2.30. The SMILES string of the molecule is Cc1cc(OCc2ccccc2)ccc1NC(=O)c1c(Cl)cnn1C1CCC(NC(=O)CC(C)C)CC1. The summed E-state index contributed by atoms with van der Waals surface area (Å²) in [5, 5.41) is 10.9. The average Bonchev–Trinajstić information content (AvgIpc) is 3.26. The number of aromatic nitrogens is 2. The highest BCUT2D eigenvalue weighted by molar-refractivity contribution is 6.34. The first-order chi connectivity index (χ1) is 17.8. The number of hydrogen-bond acceptors (Lipinski definition) is 4. The molecule has 3 aromatic rings. The molecule has 1 aromatic heterocycles. The van der Waals surface area contributed by atoms with Crippen molar-refractivity contribution in [3.05, 3.63) is 76.6 Å². The average molecular weight is 523 g/mol. The first-order valence-corrected chi connectivity index (χ1v) is 13.3. The zero-order valence-electron chi connectivity index (χ0n) is 21.7. The summed E-state index contributed by atoms with van der Waals surface area (Å²) in [6.45, 7) is 6.49. The molecule has 0 radical (unpaired) electrons. The van der Waals surface area contributed by atoms with Crippen molar-refractivity contribution < 1.29 is 14.3 Å². The highest BCUT2D eigenvalue weighted by atomic mass is 35.5. The normalized spacial score (nSPS) is 17.4. The number of rotatable bonds is 9. The van der Waals surface area contributed by atoms with E-state index in [1.54, 1.807) is 4.68 Å². The number of benzene rings is 2. The molecular weight excluding hydrogens is 488 g/mol. The first-order valence-electron chi connectivity index (χ1n) is 12.9. The fourth-order valence-electron chi connectivity index (χ4n) is 4.74. The molecule has 0 bridgehead atoms. The Kier molecular flexibility index (Phi) is 8.87. The standard InChI is InChI=1S/C29H35ClN4O3/c1-19(2)15-27(35)32-22-9-11-23(12-10-22)34-28(25(30)17-31-34)29(36)33-26-14-13-24(16-20(26)3)37-18-21-7-5-4-6-8-21/h4-8,13-14,16-17,19,22-23H,9-12,15,18H2,1-3H3,(H,32,35)(H,33,36). The summed E-state index contributed by atoms with van der Waals surface area (Å²) in [4.78, 5) is 25.4. The number of hydrogen-bond donors (Lipinski definition) is 2. The number of carbonyl (C=O) groups excluding carboxylic acids is 2. The Labute approximate surface area is 223 Å². The predicted octanol–water partition coefficient (Wildman–Crippen LogP) is 6.32. The van der Waals surface area contributed by atoms with Crippen LogP contribution in [0.3, 0.4) is 0 Å². The molecule has 1 fully saturated rings. The minimum absolute atomic E-state index is 0.0568. The Balaban J connectivity index is 1.37. The van der Waals surface area contributed by atoms with Gasteiger partial charge in [0.2, 0.25) is 5.91 Å². The third-order valence-electron chi connectivity index (χ3n) is 6.66. The van der Waals surface area contributed by atoms with E-state index in [0.717, 1.165) is 42.6 Å². The molecule has 2 N–H and O–H groups in total. The Morgan fingerprint density at radius 3 is 2.51 bits per heavy atom. The van der Waals surface area contributed by atoms with Crippen LogP contribution in [-0.2, 0) is 11.4 Å². The number of carbonyl (C=O) groups is 2. The van der Waals surface area contributed by atoms with Gasteiger partial charge in [0.05, 0.1) is 17.3 Å². The lowest BCUT2D eigenvalue weighted by atomic mass is 9.91. The van der Waals surface area contributed by atoms with Crippen LogP contribution in [0.25, 0.3) is 0 Å². The number of aryl methyl sites for hydroxylation is 1. The molecule has 2 amide bonds. The van der Waals surface area contributed by atoms with E-state index < -0.39 is 0 Å². The maximum absolute atomic E-state index is 13.3. The predicted molar refractivity (Wildman–Crippen MR) is 146 cm³/mol. The second kappa shape index (κ2) is 12.3. The molecule has 0 spiro atoms. The van der Waals surface area contributed by atoms with Gasteiger partial charge in [-0.1, -0.05) is 55.8 Å². The van der Waals surface area contributed by atoms with Gasteiger partial charge in [0.25, 0.3) is 5.91 Å². The fourth-order valence-corrected chi connectivity index (χ4v) is 4.96. The second-order valence-electron chi connectivity index (χ2n) is 10.2. The van der Waals surface area contributed by atoms with E-state index in [4.69, 9.17) is 16.3 Å². The number of anilines is 1. The van der Waals surface area contributed by atoms with E-state index in [-0.39, 0.29) is 23.9 Å². The topological polar surface area (TPSA) is 85.2 Å². The number of nitrogens with zero attached hydrogens (tertiary/aromatic N) is 2. The Bertz CT molecular complexity index is 1220. The number of ether oxygens (including phenoxy) is 1. The molecule has 37 heavy (non-hydrogen) atoms. The number of halogens is 1. The monoisotopic (exact) mass is 522 g/mol. The molecule has 0 aliphatic heterocycles. The van der Waals surface area contributed by atoms with Crippen LogP contribution in [0.4, 0.5) is 5.69 Å². The molecule has 196 valence electrons. The lowest BCUT2D eigenvalue weighted by molar-refractivity contribution is -0.122. The quantitative estimate of drug-likeness (QED) is 0.344. The van der Waals surface area contributed by atoms with Gasteiger partial charge < -0.3 is 15.4 Å². The van der Waals surface area contributed by atoms with Crippen LogP contribution in [0.5, 0.6) is 5.75 Å². The van der Waals surface area contributed by atoms with E-state index in [9.17, 15) is 9.59 Å². The van der Waals surface area contributed by atoms with Crippen LogP contribution in [-0.4, -0.2) is 27.6 Å². The third kappa shape index (κ3) is 7.13. The van der Waals surface area contributed by atoms with Gasteiger partial charge in [-0.25, -0.2) is 0 Å². The molecule has 1 aliphatic rings. The van der Waals surface area contributed by atoms with Crippen LogP contribution in [0.15, 0.2) is 54.7 Å². The highest BCUT2D eigenvalue weighted by Gasteiger charge is 2.28. The van der Waals surface area contributed by atoms with Crippen molar-refractivity contribution in [3.8, 4) is 5.75 Å². The largest absolute Gasteiger partial charge is 0.489 e. The summed E-state index contributed by atoms with van der Waals surface area (Å²) in [7, 11) is 0. The van der Waals surface area contributed by atoms with Crippen LogP contribution in [0.2, 0.25) is 5.02 Å². The molecule has 7 nitrogen and oxygen atoms in total. The maximum Gasteiger partial charge on any atom is 0.275 e. The molecule has 0 saturated heterocycles. The Morgan fingerprint density at radius 1 is 1.11 bits per heavy atom. The van der Waals surface area contributed by atoms with Crippen molar-refractivity contribution >= 4 is 29.1 Å². The zero-order valence-corrected chi connectivity index (χ0v) is 22.4. The van der Waals surface area contributed by atoms with Gasteiger partial charge in [-0.15, -0.1) is 0 Å². The van der Waals surface area contributed by atoms with Gasteiger partial charge in [-0.3, -0.25) is 14.3 Å². The van der Waals surface area contributed by atoms with Crippen molar-refractivity contribution in [2.24, 2.45) is 5.92 Å². The van der Waals surface area contributed by atoms with Crippen LogP contribution >= 0.6 is 11.6 Å². The summed E-state index contributed by atoms with van der Waals surface area (Å²) in [6, 6.07) is 15.8. The summed E-state index contributed by atoms with van der Waals surface area (Å²) in [5.41, 5.74) is 3.03. The van der Waals surface area contributed by atoms with Crippen LogP contribution in [0.1, 0.15) is 73.6 Å². The van der Waals surface area contributed by atoms with Crippen molar-refractivity contribution in [1.29, 1.82) is 0 Å². The molecular formula is C29H35ClN4O3. The van der Waals surface area contributed by atoms with Crippen LogP contribution in [0, 0.1) is 12.8 Å². The molecule has 8 heteroatoms. The van der Waals surface area contributed by atoms with E-state index in [2.05, 4.69) is 15.7 Å². The Morgan fingerprint density at radius 2 is 1.84 bits per heavy atom. The molecule has 1 aliphatic carbocycles. The van der Waals surface area contributed by atoms with Crippen molar-refractivity contribution in [2.45, 2.75) is 71.6 Å². The van der Waals surface area contributed by atoms with Gasteiger partial charge in [0.15, 0.2) is 0 Å². The van der Waals surface area contributed by atoms with Gasteiger partial charge >= 0.3 is 0 Å². The maximum atomic E-state index is 13.3. The van der Waals surface area contributed by atoms with Crippen LogP contribution < -0.4 is 15.4 Å². The van der Waals surface area contributed by atoms with Crippen molar-refractivity contribution in [3.63, 3.8) is 0 Å². The highest BCUT2D eigenvalue weighted by Crippen LogP contribution is 2.32. The second-order valence-corrected chi connectivity index (χ2v) is 10.6. The van der Waals surface area contributed by atoms with E-state index in [1.165, 1.54) is 6.20 Å². The molecule has 1 heterocycles. The lowest BCUT2D eigenvalue weighted by Crippen LogP contribution is -2.38. The molecule has 0 atom stereocenters. The molecule has 1 saturated carbocycles. The minimum Gasteiger partial charge on any atom is -0.489 e. The number of amides is 2. The van der Waals surface area contributed by atoms with Crippen molar-refractivity contribution in [1.82, 2.24) is 15.1 Å². The van der Waals surface area contributed by atoms with Crippen molar-refractivity contribution in [2.75, 3.05) is 5.32 Å².